The van der Waals surface area contributed by atoms with Crippen molar-refractivity contribution in [2.24, 2.45) is 5.92 Å². The van der Waals surface area contributed by atoms with Crippen molar-refractivity contribution in [1.29, 1.82) is 0 Å². The van der Waals surface area contributed by atoms with E-state index in [-0.39, 0.29) is 12.0 Å². The molecule has 5 nitrogen and oxygen atoms in total. The highest BCUT2D eigenvalue weighted by atomic mass is 16.5. The smallest absolute Gasteiger partial charge is 0.407 e. The van der Waals surface area contributed by atoms with Gasteiger partial charge in [-0.15, -0.1) is 0 Å². The largest absolute Gasteiger partial charge is 0.493 e. The normalized spacial score (nSPS) is 24.9. The molecule has 5 heteroatoms. The first-order chi connectivity index (χ1) is 11.1. The van der Waals surface area contributed by atoms with Gasteiger partial charge in [0.2, 0.25) is 0 Å². The minimum atomic E-state index is -0.838. The topological polar surface area (TPSA) is 59.0 Å². The quantitative estimate of drug-likeness (QED) is 0.918. The van der Waals surface area contributed by atoms with Gasteiger partial charge in [0.15, 0.2) is 11.5 Å². The summed E-state index contributed by atoms with van der Waals surface area (Å²) in [7, 11) is 1.65. The highest BCUT2D eigenvalue weighted by Crippen LogP contribution is 2.38. The maximum atomic E-state index is 11.2. The van der Waals surface area contributed by atoms with Crippen LogP contribution in [0.25, 0.3) is 0 Å². The molecule has 1 amide bonds. The zero-order chi connectivity index (χ0) is 16.4. The molecule has 2 aliphatic rings. The highest BCUT2D eigenvalue weighted by molar-refractivity contribution is 5.65. The second-order valence-corrected chi connectivity index (χ2v) is 6.71. The van der Waals surface area contributed by atoms with Gasteiger partial charge in [-0.3, -0.25) is 0 Å². The van der Waals surface area contributed by atoms with Crippen LogP contribution >= 0.6 is 0 Å². The van der Waals surface area contributed by atoms with Crippen LogP contribution in [0.3, 0.4) is 0 Å². The number of hydrogen-bond acceptors (Lipinski definition) is 3. The van der Waals surface area contributed by atoms with Crippen molar-refractivity contribution < 1.29 is 19.4 Å². The average molecular weight is 319 g/mol. The molecule has 0 bridgehead atoms. The third-order valence-electron chi connectivity index (χ3n) is 5.09. The van der Waals surface area contributed by atoms with E-state index in [4.69, 9.17) is 9.47 Å². The third-order valence-corrected chi connectivity index (χ3v) is 5.09. The Balaban J connectivity index is 1.81. The van der Waals surface area contributed by atoms with Gasteiger partial charge in [-0.2, -0.15) is 0 Å². The lowest BCUT2D eigenvalue weighted by atomic mass is 9.90. The maximum Gasteiger partial charge on any atom is 0.407 e. The summed E-state index contributed by atoms with van der Waals surface area (Å²) in [4.78, 5) is 12.7. The lowest BCUT2D eigenvalue weighted by molar-refractivity contribution is 0.154. The summed E-state index contributed by atoms with van der Waals surface area (Å²) < 4.78 is 11.6. The Bertz CT molecular complexity index is 568. The van der Waals surface area contributed by atoms with Crippen LogP contribution in [-0.4, -0.2) is 42.4 Å². The van der Waals surface area contributed by atoms with E-state index in [0.29, 0.717) is 19.0 Å². The van der Waals surface area contributed by atoms with Gasteiger partial charge in [0.25, 0.3) is 0 Å². The molecule has 23 heavy (non-hydrogen) atoms. The van der Waals surface area contributed by atoms with Crippen LogP contribution in [0.5, 0.6) is 11.5 Å². The molecule has 2 atom stereocenters. The lowest BCUT2D eigenvalue weighted by Crippen LogP contribution is -2.26. The molecule has 0 aromatic heterocycles. The number of nitrogens with zero attached hydrogens (tertiary/aromatic N) is 1. The van der Waals surface area contributed by atoms with Crippen molar-refractivity contribution in [3.63, 3.8) is 0 Å². The van der Waals surface area contributed by atoms with E-state index in [1.165, 1.54) is 17.7 Å². The van der Waals surface area contributed by atoms with E-state index in [1.807, 2.05) is 18.2 Å². The van der Waals surface area contributed by atoms with Gasteiger partial charge >= 0.3 is 6.09 Å². The summed E-state index contributed by atoms with van der Waals surface area (Å²) >= 11 is 0. The van der Waals surface area contributed by atoms with Crippen molar-refractivity contribution >= 4 is 6.09 Å². The molecule has 1 N–H and O–H groups in total. The summed E-state index contributed by atoms with van der Waals surface area (Å²) in [6.07, 6.45) is 4.07. The van der Waals surface area contributed by atoms with Crippen LogP contribution in [-0.2, 0) is 0 Å². The van der Waals surface area contributed by atoms with Crippen LogP contribution in [0, 0.1) is 5.92 Å². The number of methoxy groups -OCH3 is 1. The Morgan fingerprint density at radius 3 is 2.57 bits per heavy atom. The molecule has 1 heterocycles. The van der Waals surface area contributed by atoms with Crippen molar-refractivity contribution in [1.82, 2.24) is 4.90 Å². The second-order valence-electron chi connectivity index (χ2n) is 6.71. The molecule has 3 rings (SSSR count). The Morgan fingerprint density at radius 1 is 1.22 bits per heavy atom. The van der Waals surface area contributed by atoms with Crippen LogP contribution in [0.1, 0.15) is 44.1 Å². The Labute approximate surface area is 137 Å². The van der Waals surface area contributed by atoms with Crippen molar-refractivity contribution in [3.8, 4) is 11.5 Å². The number of likely N-dealkylation sites (tertiary alicyclic amines) is 1. The Hall–Kier alpha value is -1.91. The number of hydrogen-bond donors (Lipinski definition) is 1. The van der Waals surface area contributed by atoms with Gasteiger partial charge in [0, 0.05) is 19.0 Å². The van der Waals surface area contributed by atoms with E-state index >= 15 is 0 Å². The SMILES string of the molecule is COc1ccc([C@@H]2CN(C(=O)O)C[C@@H]2C)cc1OC1CCCC1. The minimum Gasteiger partial charge on any atom is -0.493 e. The minimum absolute atomic E-state index is 0.211. The van der Waals surface area contributed by atoms with E-state index < -0.39 is 6.09 Å². The fourth-order valence-electron chi connectivity index (χ4n) is 3.76. The summed E-state index contributed by atoms with van der Waals surface area (Å²) in [6, 6.07) is 6.02. The molecule has 1 saturated heterocycles. The van der Waals surface area contributed by atoms with Gasteiger partial charge in [-0.25, -0.2) is 4.79 Å². The number of carboxylic acid groups (broad SMARTS) is 1. The Kier molecular flexibility index (Phi) is 4.64. The molecule has 0 spiro atoms. The monoisotopic (exact) mass is 319 g/mol. The maximum absolute atomic E-state index is 11.2. The second kappa shape index (κ2) is 6.69. The molecular formula is C18H25NO4. The van der Waals surface area contributed by atoms with E-state index in [1.54, 1.807) is 7.11 Å². The van der Waals surface area contributed by atoms with Crippen LogP contribution < -0.4 is 9.47 Å². The molecule has 1 saturated carbocycles. The highest BCUT2D eigenvalue weighted by Gasteiger charge is 2.34. The molecule has 0 unspecified atom stereocenters. The molecule has 1 aromatic carbocycles. The molecule has 1 aliphatic carbocycles. The molecule has 126 valence electrons. The number of ether oxygens (including phenoxy) is 2. The zero-order valence-electron chi connectivity index (χ0n) is 13.8. The lowest BCUT2D eigenvalue weighted by Gasteiger charge is -2.20. The molecular weight excluding hydrogens is 294 g/mol. The molecule has 2 fully saturated rings. The van der Waals surface area contributed by atoms with Crippen molar-refractivity contribution in [2.45, 2.75) is 44.6 Å². The Morgan fingerprint density at radius 2 is 1.96 bits per heavy atom. The fraction of sp³-hybridized carbons (Fsp3) is 0.611. The fourth-order valence-corrected chi connectivity index (χ4v) is 3.76. The average Bonchev–Trinajstić information content (AvgIpc) is 3.17. The van der Waals surface area contributed by atoms with Crippen molar-refractivity contribution in [3.05, 3.63) is 23.8 Å². The van der Waals surface area contributed by atoms with Gasteiger partial charge in [-0.1, -0.05) is 13.0 Å². The van der Waals surface area contributed by atoms with Gasteiger partial charge in [0.1, 0.15) is 0 Å². The van der Waals surface area contributed by atoms with Crippen LogP contribution in [0.4, 0.5) is 4.79 Å². The van der Waals surface area contributed by atoms with Gasteiger partial charge in [-0.05, 0) is 49.3 Å². The number of rotatable bonds is 4. The van der Waals surface area contributed by atoms with E-state index in [2.05, 4.69) is 6.92 Å². The van der Waals surface area contributed by atoms with Crippen LogP contribution in [0.2, 0.25) is 0 Å². The number of carbonyl (C=O) groups is 1. The molecule has 1 aromatic rings. The zero-order valence-corrected chi connectivity index (χ0v) is 13.8. The first kappa shape index (κ1) is 16.0. The van der Waals surface area contributed by atoms with Gasteiger partial charge in [0.05, 0.1) is 13.2 Å². The van der Waals surface area contributed by atoms with E-state index in [0.717, 1.165) is 29.9 Å². The predicted octanol–water partition coefficient (Wildman–Crippen LogP) is 3.73. The number of amides is 1. The van der Waals surface area contributed by atoms with Crippen LogP contribution in [0.15, 0.2) is 18.2 Å². The standard InChI is InChI=1S/C18H25NO4/c1-12-10-19(18(20)21)11-15(12)13-7-8-16(22-2)17(9-13)23-14-5-3-4-6-14/h7-9,12,14-15H,3-6,10-11H2,1-2H3,(H,20,21)/t12-,15+/m0/s1. The first-order valence-corrected chi connectivity index (χ1v) is 8.41. The summed E-state index contributed by atoms with van der Waals surface area (Å²) in [5.74, 6) is 2.06. The summed E-state index contributed by atoms with van der Waals surface area (Å²) in [5.41, 5.74) is 1.13. The third kappa shape index (κ3) is 3.38. The number of benzene rings is 1. The van der Waals surface area contributed by atoms with E-state index in [9.17, 15) is 9.90 Å². The summed E-state index contributed by atoms with van der Waals surface area (Å²) in [5, 5.41) is 9.20. The first-order valence-electron chi connectivity index (χ1n) is 8.41. The molecule has 0 radical (unpaired) electrons. The predicted molar refractivity (Wildman–Crippen MR) is 87.4 cm³/mol. The summed E-state index contributed by atoms with van der Waals surface area (Å²) in [6.45, 7) is 3.24. The van der Waals surface area contributed by atoms with Crippen molar-refractivity contribution in [2.75, 3.05) is 20.2 Å². The molecule has 1 aliphatic heterocycles. The van der Waals surface area contributed by atoms with Gasteiger partial charge < -0.3 is 19.5 Å².